The van der Waals surface area contributed by atoms with Gasteiger partial charge in [0.1, 0.15) is 0 Å². The monoisotopic (exact) mass is 185 g/mol. The summed E-state index contributed by atoms with van der Waals surface area (Å²) in [6.45, 7) is 7.61. The minimum atomic E-state index is -0.168. The Balaban J connectivity index is 2.25. The smallest absolute Gasteiger partial charge is 0.0690 e. The lowest BCUT2D eigenvalue weighted by molar-refractivity contribution is 0.0673. The number of aliphatic hydroxyl groups excluding tert-OH is 1. The van der Waals surface area contributed by atoms with Crippen molar-refractivity contribution in [2.75, 3.05) is 13.6 Å². The summed E-state index contributed by atoms with van der Waals surface area (Å²) in [5.41, 5.74) is 0. The number of likely N-dealkylation sites (N-methyl/N-ethyl adjacent to an activating group) is 1. The van der Waals surface area contributed by atoms with Crippen molar-refractivity contribution in [3.05, 3.63) is 0 Å². The Morgan fingerprint density at radius 2 is 2.08 bits per heavy atom. The van der Waals surface area contributed by atoms with E-state index in [1.54, 1.807) is 0 Å². The van der Waals surface area contributed by atoms with E-state index >= 15 is 0 Å². The molecule has 1 aliphatic carbocycles. The Labute approximate surface area is 81.9 Å². The Hall–Kier alpha value is -0.0800. The van der Waals surface area contributed by atoms with Crippen LogP contribution in [0.3, 0.4) is 0 Å². The predicted molar refractivity (Wildman–Crippen MR) is 55.7 cm³/mol. The normalized spacial score (nSPS) is 31.8. The molecule has 0 heterocycles. The average molecular weight is 185 g/mol. The van der Waals surface area contributed by atoms with Crippen molar-refractivity contribution in [1.29, 1.82) is 0 Å². The molecule has 1 N–H and O–H groups in total. The van der Waals surface area contributed by atoms with Gasteiger partial charge < -0.3 is 10.0 Å². The Kier molecular flexibility index (Phi) is 3.74. The maximum atomic E-state index is 9.65. The van der Waals surface area contributed by atoms with Crippen LogP contribution in [0.2, 0.25) is 0 Å². The Morgan fingerprint density at radius 3 is 2.46 bits per heavy atom. The van der Waals surface area contributed by atoms with Gasteiger partial charge in [-0.2, -0.15) is 0 Å². The molecule has 0 bridgehead atoms. The highest BCUT2D eigenvalue weighted by Crippen LogP contribution is 2.38. The van der Waals surface area contributed by atoms with E-state index in [0.29, 0.717) is 6.04 Å². The minimum absolute atomic E-state index is 0.168. The second-order valence-electron chi connectivity index (χ2n) is 4.63. The molecule has 0 radical (unpaired) electrons. The van der Waals surface area contributed by atoms with Crippen LogP contribution < -0.4 is 0 Å². The SMILES string of the molecule is CCC(O)C(C)N(C)CC1CC1C. The molecule has 1 saturated carbocycles. The van der Waals surface area contributed by atoms with Gasteiger partial charge in [-0.3, -0.25) is 0 Å². The molecule has 0 saturated heterocycles. The molecule has 2 heteroatoms. The summed E-state index contributed by atoms with van der Waals surface area (Å²) in [6.07, 6.45) is 2.06. The predicted octanol–water partition coefficient (Wildman–Crippen LogP) is 1.73. The van der Waals surface area contributed by atoms with Gasteiger partial charge in [-0.25, -0.2) is 0 Å². The molecule has 0 amide bonds. The van der Waals surface area contributed by atoms with Crippen LogP contribution in [0.1, 0.15) is 33.6 Å². The maximum Gasteiger partial charge on any atom is 0.0690 e. The van der Waals surface area contributed by atoms with Crippen molar-refractivity contribution in [2.45, 2.75) is 45.8 Å². The topological polar surface area (TPSA) is 23.5 Å². The van der Waals surface area contributed by atoms with Gasteiger partial charge in [0.05, 0.1) is 6.10 Å². The highest BCUT2D eigenvalue weighted by Gasteiger charge is 2.34. The summed E-state index contributed by atoms with van der Waals surface area (Å²) in [5.74, 6) is 1.80. The van der Waals surface area contributed by atoms with Crippen molar-refractivity contribution in [3.8, 4) is 0 Å². The molecule has 4 atom stereocenters. The summed E-state index contributed by atoms with van der Waals surface area (Å²) in [7, 11) is 2.12. The molecular weight excluding hydrogens is 162 g/mol. The third-order valence-electron chi connectivity index (χ3n) is 3.47. The first kappa shape index (κ1) is 11.0. The van der Waals surface area contributed by atoms with Crippen LogP contribution in [0.15, 0.2) is 0 Å². The zero-order valence-electron chi connectivity index (χ0n) is 9.33. The van der Waals surface area contributed by atoms with Crippen LogP contribution in [0, 0.1) is 11.8 Å². The van der Waals surface area contributed by atoms with Crippen molar-refractivity contribution in [1.82, 2.24) is 4.90 Å². The number of rotatable bonds is 5. The van der Waals surface area contributed by atoms with Crippen molar-refractivity contribution >= 4 is 0 Å². The lowest BCUT2D eigenvalue weighted by Gasteiger charge is -2.28. The first-order valence-corrected chi connectivity index (χ1v) is 5.44. The molecular formula is C11H23NO. The number of aliphatic hydroxyl groups is 1. The fraction of sp³-hybridized carbons (Fsp3) is 1.00. The molecule has 0 aromatic rings. The highest BCUT2D eigenvalue weighted by molar-refractivity contribution is 4.86. The molecule has 0 aromatic carbocycles. The molecule has 0 spiro atoms. The van der Waals surface area contributed by atoms with Crippen LogP contribution in [-0.4, -0.2) is 35.7 Å². The van der Waals surface area contributed by atoms with Gasteiger partial charge in [-0.05, 0) is 38.6 Å². The van der Waals surface area contributed by atoms with Gasteiger partial charge in [-0.1, -0.05) is 13.8 Å². The third-order valence-corrected chi connectivity index (χ3v) is 3.47. The van der Waals surface area contributed by atoms with Gasteiger partial charge in [0, 0.05) is 12.6 Å². The molecule has 1 aliphatic rings. The summed E-state index contributed by atoms with van der Waals surface area (Å²) in [4.78, 5) is 2.29. The van der Waals surface area contributed by atoms with E-state index < -0.39 is 0 Å². The second kappa shape index (κ2) is 4.43. The largest absolute Gasteiger partial charge is 0.392 e. The van der Waals surface area contributed by atoms with E-state index in [2.05, 4.69) is 25.8 Å². The summed E-state index contributed by atoms with van der Waals surface area (Å²) >= 11 is 0. The van der Waals surface area contributed by atoms with Crippen molar-refractivity contribution < 1.29 is 5.11 Å². The first-order valence-electron chi connectivity index (χ1n) is 5.44. The van der Waals surface area contributed by atoms with Crippen molar-refractivity contribution in [2.24, 2.45) is 11.8 Å². The van der Waals surface area contributed by atoms with E-state index in [1.165, 1.54) is 6.42 Å². The summed E-state index contributed by atoms with van der Waals surface area (Å²) in [6, 6.07) is 0.304. The van der Waals surface area contributed by atoms with Crippen LogP contribution in [0.25, 0.3) is 0 Å². The molecule has 2 nitrogen and oxygen atoms in total. The van der Waals surface area contributed by atoms with Crippen LogP contribution in [-0.2, 0) is 0 Å². The van der Waals surface area contributed by atoms with Gasteiger partial charge in [-0.15, -0.1) is 0 Å². The van der Waals surface area contributed by atoms with E-state index in [0.717, 1.165) is 24.8 Å². The lowest BCUT2D eigenvalue weighted by atomic mass is 10.1. The molecule has 1 fully saturated rings. The summed E-state index contributed by atoms with van der Waals surface area (Å²) in [5, 5.41) is 9.65. The van der Waals surface area contributed by atoms with Crippen LogP contribution in [0.4, 0.5) is 0 Å². The molecule has 0 aromatic heterocycles. The van der Waals surface area contributed by atoms with Crippen LogP contribution in [0.5, 0.6) is 0 Å². The highest BCUT2D eigenvalue weighted by atomic mass is 16.3. The van der Waals surface area contributed by atoms with Gasteiger partial charge >= 0.3 is 0 Å². The van der Waals surface area contributed by atoms with E-state index in [1.807, 2.05) is 6.92 Å². The molecule has 1 rings (SSSR count). The third kappa shape index (κ3) is 2.96. The van der Waals surface area contributed by atoms with Crippen LogP contribution >= 0.6 is 0 Å². The van der Waals surface area contributed by atoms with E-state index in [9.17, 15) is 5.11 Å². The number of hydrogen-bond acceptors (Lipinski definition) is 2. The Bertz CT molecular complexity index is 160. The minimum Gasteiger partial charge on any atom is -0.392 e. The molecule has 0 aliphatic heterocycles. The fourth-order valence-corrected chi connectivity index (χ4v) is 1.82. The zero-order chi connectivity index (χ0) is 10.0. The van der Waals surface area contributed by atoms with E-state index in [-0.39, 0.29) is 6.10 Å². The zero-order valence-corrected chi connectivity index (χ0v) is 9.33. The number of nitrogens with zero attached hydrogens (tertiary/aromatic N) is 1. The van der Waals surface area contributed by atoms with Gasteiger partial charge in [0.2, 0.25) is 0 Å². The van der Waals surface area contributed by atoms with E-state index in [4.69, 9.17) is 0 Å². The van der Waals surface area contributed by atoms with Gasteiger partial charge in [0.15, 0.2) is 0 Å². The second-order valence-corrected chi connectivity index (χ2v) is 4.63. The van der Waals surface area contributed by atoms with Crippen molar-refractivity contribution in [3.63, 3.8) is 0 Å². The van der Waals surface area contributed by atoms with Gasteiger partial charge in [0.25, 0.3) is 0 Å². The lowest BCUT2D eigenvalue weighted by Crippen LogP contribution is -2.39. The standard InChI is InChI=1S/C11H23NO/c1-5-11(13)9(3)12(4)7-10-6-8(10)2/h8-11,13H,5-7H2,1-4H3. The quantitative estimate of drug-likeness (QED) is 0.705. The number of hydrogen-bond donors (Lipinski definition) is 1. The maximum absolute atomic E-state index is 9.65. The first-order chi connectivity index (χ1) is 6.06. The fourth-order valence-electron chi connectivity index (χ4n) is 1.82. The molecule has 78 valence electrons. The Morgan fingerprint density at radius 1 is 1.54 bits per heavy atom. The molecule has 4 unspecified atom stereocenters. The summed E-state index contributed by atoms with van der Waals surface area (Å²) < 4.78 is 0. The average Bonchev–Trinajstić information content (AvgIpc) is 2.79. The molecule has 13 heavy (non-hydrogen) atoms.